The molecule has 156 valence electrons. The molecule has 1 aromatic carbocycles. The second-order valence-electron chi connectivity index (χ2n) is 6.85. The Morgan fingerprint density at radius 2 is 2.14 bits per heavy atom. The second kappa shape index (κ2) is 9.47. The molecule has 0 bridgehead atoms. The van der Waals surface area contributed by atoms with Crippen molar-refractivity contribution in [2.75, 3.05) is 13.7 Å². The van der Waals surface area contributed by atoms with E-state index in [4.69, 9.17) is 9.47 Å². The van der Waals surface area contributed by atoms with Crippen molar-refractivity contribution in [3.8, 4) is 5.75 Å². The van der Waals surface area contributed by atoms with Gasteiger partial charge in [-0.25, -0.2) is 12.8 Å². The van der Waals surface area contributed by atoms with E-state index in [1.807, 2.05) is 0 Å². The van der Waals surface area contributed by atoms with Crippen LogP contribution in [0.25, 0.3) is 0 Å². The highest BCUT2D eigenvalue weighted by Gasteiger charge is 2.42. The Kier molecular flexibility index (Phi) is 7.54. The smallest absolute Gasteiger partial charge is 0.324 e. The lowest BCUT2D eigenvalue weighted by Crippen LogP contribution is -2.41. The summed E-state index contributed by atoms with van der Waals surface area (Å²) < 4.78 is 52.6. The van der Waals surface area contributed by atoms with E-state index >= 15 is 0 Å². The maximum Gasteiger partial charge on any atom is 0.324 e. The van der Waals surface area contributed by atoms with Gasteiger partial charge in [0.1, 0.15) is 17.2 Å². The highest BCUT2D eigenvalue weighted by atomic mass is 32.2. The SMILES string of the molecule is COC(=O)[C@@H]1CCCN1S(=O)(=O)c1ccc(C)c(F)c1O[C@H](C)CCCC=O. The number of aldehydes is 1. The van der Waals surface area contributed by atoms with Crippen LogP contribution in [0, 0.1) is 12.7 Å². The molecule has 1 heterocycles. The molecule has 2 atom stereocenters. The number of benzene rings is 1. The highest BCUT2D eigenvalue weighted by Crippen LogP contribution is 2.35. The molecule has 1 aliphatic heterocycles. The fourth-order valence-electron chi connectivity index (χ4n) is 3.22. The zero-order valence-electron chi connectivity index (χ0n) is 16.3. The van der Waals surface area contributed by atoms with Gasteiger partial charge in [-0.3, -0.25) is 4.79 Å². The first-order chi connectivity index (χ1) is 13.2. The number of sulfonamides is 1. The van der Waals surface area contributed by atoms with Crippen molar-refractivity contribution in [1.82, 2.24) is 4.31 Å². The van der Waals surface area contributed by atoms with Crippen molar-refractivity contribution in [2.24, 2.45) is 0 Å². The number of ether oxygens (including phenoxy) is 2. The molecule has 0 aliphatic carbocycles. The van der Waals surface area contributed by atoms with E-state index in [0.717, 1.165) is 10.6 Å². The van der Waals surface area contributed by atoms with Gasteiger partial charge in [0, 0.05) is 13.0 Å². The molecule has 1 fully saturated rings. The molecule has 9 heteroatoms. The summed E-state index contributed by atoms with van der Waals surface area (Å²) >= 11 is 0. The average molecular weight is 415 g/mol. The number of esters is 1. The molecule has 0 spiro atoms. The van der Waals surface area contributed by atoms with Gasteiger partial charge in [-0.1, -0.05) is 6.07 Å². The van der Waals surface area contributed by atoms with E-state index < -0.39 is 34.0 Å². The van der Waals surface area contributed by atoms with E-state index in [0.29, 0.717) is 32.1 Å². The highest BCUT2D eigenvalue weighted by molar-refractivity contribution is 7.89. The summed E-state index contributed by atoms with van der Waals surface area (Å²) in [4.78, 5) is 22.1. The zero-order valence-corrected chi connectivity index (χ0v) is 17.1. The third-order valence-corrected chi connectivity index (χ3v) is 6.70. The van der Waals surface area contributed by atoms with Crippen LogP contribution < -0.4 is 4.74 Å². The van der Waals surface area contributed by atoms with Gasteiger partial charge >= 0.3 is 5.97 Å². The fourth-order valence-corrected chi connectivity index (χ4v) is 4.98. The molecule has 2 rings (SSSR count). The van der Waals surface area contributed by atoms with Crippen molar-refractivity contribution < 1.29 is 31.9 Å². The van der Waals surface area contributed by atoms with Crippen LogP contribution in [0.3, 0.4) is 0 Å². The van der Waals surface area contributed by atoms with Gasteiger partial charge in [0.25, 0.3) is 0 Å². The number of carbonyl (C=O) groups is 2. The van der Waals surface area contributed by atoms with Crippen molar-refractivity contribution >= 4 is 22.3 Å². The minimum atomic E-state index is -4.17. The van der Waals surface area contributed by atoms with Crippen LogP contribution in [0.15, 0.2) is 17.0 Å². The lowest BCUT2D eigenvalue weighted by Gasteiger charge is -2.25. The average Bonchev–Trinajstić information content (AvgIpc) is 3.15. The summed E-state index contributed by atoms with van der Waals surface area (Å²) in [5.41, 5.74) is 0.250. The molecule has 0 saturated carbocycles. The monoisotopic (exact) mass is 415 g/mol. The first kappa shape index (κ1) is 22.3. The van der Waals surface area contributed by atoms with Crippen molar-refractivity contribution in [1.29, 1.82) is 0 Å². The largest absolute Gasteiger partial charge is 0.486 e. The Morgan fingerprint density at radius 3 is 2.79 bits per heavy atom. The predicted octanol–water partition coefficient (Wildman–Crippen LogP) is 2.60. The quantitative estimate of drug-likeness (QED) is 0.350. The van der Waals surface area contributed by atoms with E-state index in [1.54, 1.807) is 6.92 Å². The molecule has 28 heavy (non-hydrogen) atoms. The number of hydrogen-bond acceptors (Lipinski definition) is 6. The molecule has 1 aliphatic rings. The minimum Gasteiger partial charge on any atom is -0.486 e. The van der Waals surface area contributed by atoms with Gasteiger partial charge < -0.3 is 14.3 Å². The van der Waals surface area contributed by atoms with E-state index in [9.17, 15) is 22.4 Å². The summed E-state index contributed by atoms with van der Waals surface area (Å²) in [5, 5.41) is 0. The summed E-state index contributed by atoms with van der Waals surface area (Å²) in [5.74, 6) is -1.75. The molecule has 0 amide bonds. The number of rotatable bonds is 9. The van der Waals surface area contributed by atoms with Crippen LogP contribution >= 0.6 is 0 Å². The lowest BCUT2D eigenvalue weighted by atomic mass is 10.2. The standard InChI is InChI=1S/C19H26FNO6S/c1-13-9-10-16(18(17(13)20)27-14(2)7-4-5-12-22)28(24,25)21-11-6-8-15(21)19(23)26-3/h9-10,12,14-15H,4-8,11H2,1-3H3/t14-,15+/m1/s1. The molecule has 1 saturated heterocycles. The molecule has 0 radical (unpaired) electrons. The van der Waals surface area contributed by atoms with Crippen LogP contribution in [0.2, 0.25) is 0 Å². The minimum absolute atomic E-state index is 0.145. The Bertz CT molecular complexity index is 826. The molecule has 0 unspecified atom stereocenters. The van der Waals surface area contributed by atoms with Crippen molar-refractivity contribution in [2.45, 2.75) is 63.0 Å². The molecular weight excluding hydrogens is 389 g/mol. The van der Waals surface area contributed by atoms with Crippen LogP contribution in [-0.4, -0.2) is 50.8 Å². The third-order valence-electron chi connectivity index (χ3n) is 4.77. The number of aryl methyl sites for hydroxylation is 1. The molecule has 7 nitrogen and oxygen atoms in total. The van der Waals surface area contributed by atoms with Crippen molar-refractivity contribution in [3.05, 3.63) is 23.5 Å². The van der Waals surface area contributed by atoms with Crippen LogP contribution in [0.4, 0.5) is 4.39 Å². The molecule has 1 aromatic rings. The Labute approximate surface area is 164 Å². The van der Waals surface area contributed by atoms with Gasteiger partial charge in [0.05, 0.1) is 13.2 Å². The van der Waals surface area contributed by atoms with Crippen LogP contribution in [0.1, 0.15) is 44.6 Å². The number of nitrogens with zero attached hydrogens (tertiary/aromatic N) is 1. The molecular formula is C19H26FNO6S. The second-order valence-corrected chi connectivity index (χ2v) is 8.71. The maximum atomic E-state index is 14.8. The van der Waals surface area contributed by atoms with E-state index in [2.05, 4.69) is 0 Å². The van der Waals surface area contributed by atoms with Gasteiger partial charge in [-0.2, -0.15) is 4.31 Å². The zero-order chi connectivity index (χ0) is 20.9. The van der Waals surface area contributed by atoms with Gasteiger partial charge in [-0.15, -0.1) is 0 Å². The number of halogens is 1. The first-order valence-electron chi connectivity index (χ1n) is 9.23. The Morgan fingerprint density at radius 1 is 1.43 bits per heavy atom. The number of methoxy groups -OCH3 is 1. The summed E-state index contributed by atoms with van der Waals surface area (Å²) in [6.07, 6.45) is 2.53. The Balaban J connectivity index is 2.40. The third kappa shape index (κ3) is 4.70. The first-order valence-corrected chi connectivity index (χ1v) is 10.7. The topological polar surface area (TPSA) is 90.0 Å². The van der Waals surface area contributed by atoms with Crippen LogP contribution in [0.5, 0.6) is 5.75 Å². The van der Waals surface area contributed by atoms with Gasteiger partial charge in [0.2, 0.25) is 10.0 Å². The van der Waals surface area contributed by atoms with E-state index in [-0.39, 0.29) is 22.8 Å². The van der Waals surface area contributed by atoms with Gasteiger partial charge in [0.15, 0.2) is 11.6 Å². The normalized spacial score (nSPS) is 18.6. The fraction of sp³-hybridized carbons (Fsp3) is 0.579. The molecule has 0 aromatic heterocycles. The maximum absolute atomic E-state index is 14.8. The summed E-state index contributed by atoms with van der Waals surface area (Å²) in [6, 6.07) is 1.74. The summed E-state index contributed by atoms with van der Waals surface area (Å²) in [7, 11) is -2.97. The summed E-state index contributed by atoms with van der Waals surface area (Å²) in [6.45, 7) is 3.35. The predicted molar refractivity (Wildman–Crippen MR) is 100 cm³/mol. The van der Waals surface area contributed by atoms with Crippen molar-refractivity contribution in [3.63, 3.8) is 0 Å². The number of unbranched alkanes of at least 4 members (excludes halogenated alkanes) is 1. The lowest BCUT2D eigenvalue weighted by molar-refractivity contribution is -0.144. The van der Waals surface area contributed by atoms with Gasteiger partial charge in [-0.05, 0) is 51.2 Å². The Hall–Kier alpha value is -2.00. The van der Waals surface area contributed by atoms with E-state index in [1.165, 1.54) is 26.2 Å². The molecule has 0 N–H and O–H groups in total. The van der Waals surface area contributed by atoms with Crippen LogP contribution in [-0.2, 0) is 24.3 Å². The number of hydrogen-bond donors (Lipinski definition) is 0. The number of carbonyl (C=O) groups excluding carboxylic acids is 2.